The van der Waals surface area contributed by atoms with Crippen LogP contribution in [0.5, 0.6) is 0 Å². The molecule has 3 rings (SSSR count). The predicted molar refractivity (Wildman–Crippen MR) is 78.2 cm³/mol. The van der Waals surface area contributed by atoms with E-state index in [1.54, 1.807) is 0 Å². The Balaban J connectivity index is 1.70. The minimum Gasteiger partial charge on any atom is -0.391 e. The lowest BCUT2D eigenvalue weighted by atomic mass is 10.0. The van der Waals surface area contributed by atoms with Gasteiger partial charge in [0.15, 0.2) is 0 Å². The lowest BCUT2D eigenvalue weighted by Crippen LogP contribution is -2.36. The van der Waals surface area contributed by atoms with Crippen LogP contribution in [0.15, 0.2) is 42.7 Å². The molecular weight excluding hydrogens is 250 g/mol. The number of aliphatic hydroxyl groups is 1. The van der Waals surface area contributed by atoms with Gasteiger partial charge < -0.3 is 5.11 Å². The fourth-order valence-corrected chi connectivity index (χ4v) is 3.00. The Morgan fingerprint density at radius 1 is 1.25 bits per heavy atom. The van der Waals surface area contributed by atoms with E-state index < -0.39 is 0 Å². The van der Waals surface area contributed by atoms with Crippen molar-refractivity contribution in [2.75, 3.05) is 6.54 Å². The molecule has 2 atom stereocenters. The molecule has 2 aromatic rings. The van der Waals surface area contributed by atoms with E-state index in [0.717, 1.165) is 25.9 Å². The van der Waals surface area contributed by atoms with Crippen LogP contribution in [0.4, 0.5) is 0 Å². The molecule has 0 amide bonds. The Morgan fingerprint density at radius 3 is 2.75 bits per heavy atom. The summed E-state index contributed by atoms with van der Waals surface area (Å²) in [6.45, 7) is 1.82. The van der Waals surface area contributed by atoms with Gasteiger partial charge in [0.25, 0.3) is 0 Å². The van der Waals surface area contributed by atoms with Crippen molar-refractivity contribution in [3.8, 4) is 0 Å². The number of aliphatic hydroxyl groups excluding tert-OH is 1. The average Bonchev–Trinajstić information content (AvgIpc) is 3.01. The second kappa shape index (κ2) is 5.77. The van der Waals surface area contributed by atoms with E-state index in [1.165, 1.54) is 11.1 Å². The first-order chi connectivity index (χ1) is 9.72. The van der Waals surface area contributed by atoms with Crippen molar-refractivity contribution in [2.45, 2.75) is 31.5 Å². The van der Waals surface area contributed by atoms with Gasteiger partial charge in [-0.1, -0.05) is 30.3 Å². The Hall–Kier alpha value is -1.65. The number of aryl methyl sites for hydroxylation is 1. The Bertz CT molecular complexity index is 552. The summed E-state index contributed by atoms with van der Waals surface area (Å²) < 4.78 is 1.83. The smallest absolute Gasteiger partial charge is 0.0710 e. The van der Waals surface area contributed by atoms with E-state index in [9.17, 15) is 5.11 Å². The summed E-state index contributed by atoms with van der Waals surface area (Å²) in [6, 6.07) is 10.6. The zero-order valence-electron chi connectivity index (χ0n) is 11.8. The average molecular weight is 271 g/mol. The monoisotopic (exact) mass is 271 g/mol. The second-order valence-electron chi connectivity index (χ2n) is 5.61. The summed E-state index contributed by atoms with van der Waals surface area (Å²) in [5.74, 6) is 0. The van der Waals surface area contributed by atoms with E-state index in [1.807, 2.05) is 30.2 Å². The first-order valence-corrected chi connectivity index (χ1v) is 7.16. The molecule has 106 valence electrons. The molecule has 4 heteroatoms. The van der Waals surface area contributed by atoms with Crippen molar-refractivity contribution in [3.63, 3.8) is 0 Å². The van der Waals surface area contributed by atoms with Crippen LogP contribution in [0.1, 0.15) is 17.5 Å². The van der Waals surface area contributed by atoms with Crippen LogP contribution < -0.4 is 0 Å². The molecule has 0 aliphatic carbocycles. The zero-order valence-corrected chi connectivity index (χ0v) is 11.8. The zero-order chi connectivity index (χ0) is 13.9. The molecule has 0 bridgehead atoms. The largest absolute Gasteiger partial charge is 0.391 e. The third-order valence-corrected chi connectivity index (χ3v) is 4.06. The molecule has 1 aliphatic rings. The van der Waals surface area contributed by atoms with Gasteiger partial charge in [0.1, 0.15) is 0 Å². The highest BCUT2D eigenvalue weighted by Crippen LogP contribution is 2.23. The minimum atomic E-state index is -0.230. The molecule has 4 nitrogen and oxygen atoms in total. The van der Waals surface area contributed by atoms with E-state index >= 15 is 0 Å². The number of rotatable bonds is 4. The highest BCUT2D eigenvalue weighted by atomic mass is 16.3. The summed E-state index contributed by atoms with van der Waals surface area (Å²) in [6.07, 6.45) is 5.49. The van der Waals surface area contributed by atoms with Gasteiger partial charge in [-0.3, -0.25) is 9.58 Å². The van der Waals surface area contributed by atoms with E-state index in [-0.39, 0.29) is 12.1 Å². The lowest BCUT2D eigenvalue weighted by Gasteiger charge is -2.25. The Labute approximate surface area is 119 Å². The third kappa shape index (κ3) is 2.92. The summed E-state index contributed by atoms with van der Waals surface area (Å²) >= 11 is 0. The van der Waals surface area contributed by atoms with E-state index in [0.29, 0.717) is 0 Å². The van der Waals surface area contributed by atoms with Gasteiger partial charge in [-0.05, 0) is 18.4 Å². The number of nitrogens with zero attached hydrogens (tertiary/aromatic N) is 3. The Morgan fingerprint density at radius 2 is 2.05 bits per heavy atom. The van der Waals surface area contributed by atoms with Crippen LogP contribution in [0.3, 0.4) is 0 Å². The number of hydrogen-bond donors (Lipinski definition) is 1. The SMILES string of the molecule is Cn1cc(CN2CC[C@@H](O)[C@H]2Cc2ccccc2)cn1. The van der Waals surface area contributed by atoms with Gasteiger partial charge in [0, 0.05) is 37.9 Å². The second-order valence-corrected chi connectivity index (χ2v) is 5.61. The highest BCUT2D eigenvalue weighted by molar-refractivity contribution is 5.17. The van der Waals surface area contributed by atoms with Crippen LogP contribution >= 0.6 is 0 Å². The standard InChI is InChI=1S/C16H21N3O/c1-18-11-14(10-17-18)12-19-8-7-16(20)15(19)9-13-5-3-2-4-6-13/h2-6,10-11,15-16,20H,7-9,12H2,1H3/t15-,16-/m1/s1. The molecule has 20 heavy (non-hydrogen) atoms. The molecule has 1 aromatic carbocycles. The fourth-order valence-electron chi connectivity index (χ4n) is 3.00. The summed E-state index contributed by atoms with van der Waals surface area (Å²) in [7, 11) is 1.93. The van der Waals surface area contributed by atoms with Crippen molar-refractivity contribution >= 4 is 0 Å². The predicted octanol–water partition coefficient (Wildman–Crippen LogP) is 1.60. The number of benzene rings is 1. The topological polar surface area (TPSA) is 41.3 Å². The molecule has 0 radical (unpaired) electrons. The van der Waals surface area contributed by atoms with Crippen LogP contribution in [0.25, 0.3) is 0 Å². The molecule has 1 aliphatic heterocycles. The maximum atomic E-state index is 10.2. The minimum absolute atomic E-state index is 0.206. The Kier molecular flexibility index (Phi) is 3.85. The molecule has 0 spiro atoms. The summed E-state index contributed by atoms with van der Waals surface area (Å²) in [5.41, 5.74) is 2.49. The van der Waals surface area contributed by atoms with Gasteiger partial charge in [-0.15, -0.1) is 0 Å². The van der Waals surface area contributed by atoms with Crippen molar-refractivity contribution in [1.82, 2.24) is 14.7 Å². The normalized spacial score (nSPS) is 23.3. The molecular formula is C16H21N3O. The van der Waals surface area contributed by atoms with Gasteiger partial charge in [-0.2, -0.15) is 5.10 Å². The number of aromatic nitrogens is 2. The van der Waals surface area contributed by atoms with Gasteiger partial charge in [-0.25, -0.2) is 0 Å². The highest BCUT2D eigenvalue weighted by Gasteiger charge is 2.32. The van der Waals surface area contributed by atoms with E-state index in [2.05, 4.69) is 34.3 Å². The quantitative estimate of drug-likeness (QED) is 0.918. The fraction of sp³-hybridized carbons (Fsp3) is 0.438. The molecule has 1 fully saturated rings. The van der Waals surface area contributed by atoms with Crippen LogP contribution in [-0.4, -0.2) is 38.5 Å². The summed E-state index contributed by atoms with van der Waals surface area (Å²) in [4.78, 5) is 2.37. The van der Waals surface area contributed by atoms with Gasteiger partial charge in [0.05, 0.1) is 12.3 Å². The number of likely N-dealkylation sites (tertiary alicyclic amines) is 1. The third-order valence-electron chi connectivity index (χ3n) is 4.06. The van der Waals surface area contributed by atoms with Crippen LogP contribution in [0, 0.1) is 0 Å². The van der Waals surface area contributed by atoms with Crippen LogP contribution in [-0.2, 0) is 20.0 Å². The molecule has 1 saturated heterocycles. The number of hydrogen-bond acceptors (Lipinski definition) is 3. The molecule has 0 saturated carbocycles. The first kappa shape index (κ1) is 13.3. The van der Waals surface area contributed by atoms with Crippen molar-refractivity contribution < 1.29 is 5.11 Å². The first-order valence-electron chi connectivity index (χ1n) is 7.16. The van der Waals surface area contributed by atoms with Gasteiger partial charge in [0.2, 0.25) is 0 Å². The van der Waals surface area contributed by atoms with E-state index in [4.69, 9.17) is 0 Å². The van der Waals surface area contributed by atoms with Gasteiger partial charge >= 0.3 is 0 Å². The van der Waals surface area contributed by atoms with Crippen molar-refractivity contribution in [2.24, 2.45) is 7.05 Å². The van der Waals surface area contributed by atoms with Crippen molar-refractivity contribution in [3.05, 3.63) is 53.9 Å². The maximum Gasteiger partial charge on any atom is 0.0710 e. The molecule has 2 heterocycles. The maximum absolute atomic E-state index is 10.2. The molecule has 0 unspecified atom stereocenters. The lowest BCUT2D eigenvalue weighted by molar-refractivity contribution is 0.112. The molecule has 1 N–H and O–H groups in total. The summed E-state index contributed by atoms with van der Waals surface area (Å²) in [5, 5.41) is 14.5. The molecule has 1 aromatic heterocycles. The van der Waals surface area contributed by atoms with Crippen molar-refractivity contribution in [1.29, 1.82) is 0 Å². The van der Waals surface area contributed by atoms with Crippen LogP contribution in [0.2, 0.25) is 0 Å².